The number of aliphatic hydroxyl groups excluding tert-OH is 1. The summed E-state index contributed by atoms with van der Waals surface area (Å²) in [5.74, 6) is 0.804. The molecule has 0 aliphatic carbocycles. The molecule has 5 nitrogen and oxygen atoms in total. The van der Waals surface area contributed by atoms with Gasteiger partial charge in [-0.15, -0.1) is 0 Å². The van der Waals surface area contributed by atoms with Crippen molar-refractivity contribution in [1.29, 1.82) is 0 Å². The van der Waals surface area contributed by atoms with E-state index in [1.54, 1.807) is 12.4 Å². The first kappa shape index (κ1) is 12.8. The Balaban J connectivity index is 1.56. The molecule has 104 valence electrons. The molecule has 0 radical (unpaired) electrons. The van der Waals surface area contributed by atoms with Crippen LogP contribution < -0.4 is 4.74 Å². The summed E-state index contributed by atoms with van der Waals surface area (Å²) in [6.07, 6.45) is 5.53. The standard InChI is InChI=1S/C14H20N2O3/c17-7-6-16-5-3-14(11-16)8-13(10-18-14)19-12-2-1-4-15-9-12/h1-2,4,9,13,17H,3,5-8,10-11H2/t13-,14-/m1/s1. The summed E-state index contributed by atoms with van der Waals surface area (Å²) in [6, 6.07) is 3.80. The van der Waals surface area contributed by atoms with E-state index in [4.69, 9.17) is 14.6 Å². The molecule has 1 spiro atoms. The van der Waals surface area contributed by atoms with Crippen LogP contribution in [0.1, 0.15) is 12.8 Å². The number of nitrogens with zero attached hydrogens (tertiary/aromatic N) is 2. The zero-order chi connectivity index (χ0) is 13.1. The number of rotatable bonds is 4. The number of hydrogen-bond acceptors (Lipinski definition) is 5. The van der Waals surface area contributed by atoms with Gasteiger partial charge in [-0.05, 0) is 18.6 Å². The number of likely N-dealkylation sites (tertiary alicyclic amines) is 1. The summed E-state index contributed by atoms with van der Waals surface area (Å²) in [5, 5.41) is 8.99. The largest absolute Gasteiger partial charge is 0.486 e. The zero-order valence-corrected chi connectivity index (χ0v) is 11.0. The van der Waals surface area contributed by atoms with E-state index < -0.39 is 0 Å². The van der Waals surface area contributed by atoms with Crippen molar-refractivity contribution in [1.82, 2.24) is 9.88 Å². The molecule has 2 fully saturated rings. The Morgan fingerprint density at radius 2 is 2.53 bits per heavy atom. The Kier molecular flexibility index (Phi) is 3.68. The third kappa shape index (κ3) is 2.88. The third-order valence-electron chi connectivity index (χ3n) is 3.92. The van der Waals surface area contributed by atoms with Crippen molar-refractivity contribution in [3.8, 4) is 5.75 Å². The molecule has 2 aliphatic heterocycles. The zero-order valence-electron chi connectivity index (χ0n) is 11.0. The predicted molar refractivity (Wildman–Crippen MR) is 70.1 cm³/mol. The van der Waals surface area contributed by atoms with Gasteiger partial charge in [-0.1, -0.05) is 0 Å². The molecule has 2 saturated heterocycles. The minimum Gasteiger partial charge on any atom is -0.486 e. The van der Waals surface area contributed by atoms with E-state index >= 15 is 0 Å². The lowest BCUT2D eigenvalue weighted by Crippen LogP contribution is -2.34. The molecule has 1 aromatic heterocycles. The van der Waals surface area contributed by atoms with Gasteiger partial charge in [0.2, 0.25) is 0 Å². The Labute approximate surface area is 113 Å². The van der Waals surface area contributed by atoms with E-state index in [-0.39, 0.29) is 18.3 Å². The van der Waals surface area contributed by atoms with E-state index in [2.05, 4.69) is 9.88 Å². The maximum absolute atomic E-state index is 8.99. The monoisotopic (exact) mass is 264 g/mol. The molecule has 0 saturated carbocycles. The summed E-state index contributed by atoms with van der Waals surface area (Å²) in [4.78, 5) is 6.31. The van der Waals surface area contributed by atoms with Crippen LogP contribution in [0.3, 0.4) is 0 Å². The van der Waals surface area contributed by atoms with Gasteiger partial charge in [0.15, 0.2) is 0 Å². The average molecular weight is 264 g/mol. The predicted octanol–water partition coefficient (Wildman–Crippen LogP) is 0.686. The maximum atomic E-state index is 8.99. The number of hydrogen-bond donors (Lipinski definition) is 1. The van der Waals surface area contributed by atoms with Gasteiger partial charge in [0, 0.05) is 32.3 Å². The molecule has 0 bridgehead atoms. The molecular formula is C14H20N2O3. The number of pyridine rings is 1. The number of β-amino-alcohol motifs (C(OH)–C–C–N with tert-alkyl or cyclic N) is 1. The van der Waals surface area contributed by atoms with Crippen LogP contribution in [0.5, 0.6) is 5.75 Å². The number of ether oxygens (including phenoxy) is 2. The van der Waals surface area contributed by atoms with Gasteiger partial charge in [-0.3, -0.25) is 9.88 Å². The first-order chi connectivity index (χ1) is 9.30. The lowest BCUT2D eigenvalue weighted by Gasteiger charge is -2.23. The Bertz CT molecular complexity index is 414. The first-order valence-electron chi connectivity index (χ1n) is 6.84. The SMILES string of the molecule is OCCN1CC[C@@]2(C[C@@H](Oc3cccnc3)CO2)C1. The highest BCUT2D eigenvalue weighted by Crippen LogP contribution is 2.36. The molecule has 2 aliphatic rings. The van der Waals surface area contributed by atoms with Crippen LogP contribution in [0.2, 0.25) is 0 Å². The molecule has 1 aromatic rings. The van der Waals surface area contributed by atoms with E-state index in [9.17, 15) is 0 Å². The second kappa shape index (κ2) is 5.45. The lowest BCUT2D eigenvalue weighted by atomic mass is 9.98. The minimum absolute atomic E-state index is 0.0674. The molecule has 0 amide bonds. The molecule has 3 rings (SSSR count). The molecule has 19 heavy (non-hydrogen) atoms. The Morgan fingerprint density at radius 3 is 3.32 bits per heavy atom. The lowest BCUT2D eigenvalue weighted by molar-refractivity contribution is 0.00896. The topological polar surface area (TPSA) is 54.8 Å². The van der Waals surface area contributed by atoms with Gasteiger partial charge in [0.25, 0.3) is 0 Å². The van der Waals surface area contributed by atoms with Crippen LogP contribution in [-0.4, -0.2) is 59.5 Å². The van der Waals surface area contributed by atoms with Crippen molar-refractivity contribution in [3.63, 3.8) is 0 Å². The molecule has 0 aromatic carbocycles. The summed E-state index contributed by atoms with van der Waals surface area (Å²) in [5.41, 5.74) is -0.0674. The van der Waals surface area contributed by atoms with Gasteiger partial charge in [0.05, 0.1) is 25.0 Å². The number of aromatic nitrogens is 1. The van der Waals surface area contributed by atoms with Crippen molar-refractivity contribution < 1.29 is 14.6 Å². The van der Waals surface area contributed by atoms with Gasteiger partial charge >= 0.3 is 0 Å². The first-order valence-corrected chi connectivity index (χ1v) is 6.84. The highest BCUT2D eigenvalue weighted by Gasteiger charge is 2.46. The summed E-state index contributed by atoms with van der Waals surface area (Å²) in [6.45, 7) is 3.49. The molecule has 0 unspecified atom stereocenters. The third-order valence-corrected chi connectivity index (χ3v) is 3.92. The normalized spacial score (nSPS) is 31.1. The molecule has 3 heterocycles. The second-order valence-corrected chi connectivity index (χ2v) is 5.38. The summed E-state index contributed by atoms with van der Waals surface area (Å²) >= 11 is 0. The Hall–Kier alpha value is -1.17. The smallest absolute Gasteiger partial charge is 0.138 e. The van der Waals surface area contributed by atoms with E-state index in [0.29, 0.717) is 6.61 Å². The average Bonchev–Trinajstić information content (AvgIpc) is 2.99. The fourth-order valence-corrected chi connectivity index (χ4v) is 3.03. The van der Waals surface area contributed by atoms with Crippen molar-refractivity contribution in [3.05, 3.63) is 24.5 Å². The van der Waals surface area contributed by atoms with Crippen LogP contribution in [0.25, 0.3) is 0 Å². The van der Waals surface area contributed by atoms with E-state index in [0.717, 1.165) is 38.2 Å². The van der Waals surface area contributed by atoms with Crippen LogP contribution in [0.15, 0.2) is 24.5 Å². The molecular weight excluding hydrogens is 244 g/mol. The molecule has 1 N–H and O–H groups in total. The highest BCUT2D eigenvalue weighted by molar-refractivity contribution is 5.16. The van der Waals surface area contributed by atoms with E-state index in [1.165, 1.54) is 0 Å². The van der Waals surface area contributed by atoms with Crippen molar-refractivity contribution in [2.75, 3.05) is 32.8 Å². The van der Waals surface area contributed by atoms with Gasteiger partial charge in [-0.2, -0.15) is 0 Å². The molecule has 5 heteroatoms. The quantitative estimate of drug-likeness (QED) is 0.867. The molecule has 2 atom stereocenters. The number of aliphatic hydroxyl groups is 1. The van der Waals surface area contributed by atoms with Crippen LogP contribution in [0.4, 0.5) is 0 Å². The van der Waals surface area contributed by atoms with Gasteiger partial charge in [0.1, 0.15) is 11.9 Å². The highest BCUT2D eigenvalue weighted by atomic mass is 16.6. The fraction of sp³-hybridized carbons (Fsp3) is 0.643. The van der Waals surface area contributed by atoms with Crippen molar-refractivity contribution >= 4 is 0 Å². The van der Waals surface area contributed by atoms with Gasteiger partial charge < -0.3 is 14.6 Å². The fourth-order valence-electron chi connectivity index (χ4n) is 3.03. The van der Waals surface area contributed by atoms with Crippen LogP contribution >= 0.6 is 0 Å². The Morgan fingerprint density at radius 1 is 1.58 bits per heavy atom. The van der Waals surface area contributed by atoms with Crippen molar-refractivity contribution in [2.24, 2.45) is 0 Å². The summed E-state index contributed by atoms with van der Waals surface area (Å²) < 4.78 is 11.9. The summed E-state index contributed by atoms with van der Waals surface area (Å²) in [7, 11) is 0. The van der Waals surface area contributed by atoms with Crippen LogP contribution in [0, 0.1) is 0 Å². The van der Waals surface area contributed by atoms with E-state index in [1.807, 2.05) is 12.1 Å². The van der Waals surface area contributed by atoms with Gasteiger partial charge in [-0.25, -0.2) is 0 Å². The minimum atomic E-state index is -0.0674. The maximum Gasteiger partial charge on any atom is 0.138 e. The van der Waals surface area contributed by atoms with Crippen LogP contribution in [-0.2, 0) is 4.74 Å². The van der Waals surface area contributed by atoms with Crippen molar-refractivity contribution in [2.45, 2.75) is 24.5 Å². The second-order valence-electron chi connectivity index (χ2n) is 5.38.